The van der Waals surface area contributed by atoms with Crippen molar-refractivity contribution in [3.8, 4) is 0 Å². The van der Waals surface area contributed by atoms with Crippen LogP contribution in [-0.4, -0.2) is 27.8 Å². The van der Waals surface area contributed by atoms with Crippen LogP contribution in [0.3, 0.4) is 0 Å². The molecule has 0 aromatic heterocycles. The molecule has 1 rings (SSSR count). The van der Waals surface area contributed by atoms with E-state index in [0.29, 0.717) is 0 Å². The lowest BCUT2D eigenvalue weighted by Gasteiger charge is -2.06. The summed E-state index contributed by atoms with van der Waals surface area (Å²) in [6.07, 6.45) is -0.564. The summed E-state index contributed by atoms with van der Waals surface area (Å²) in [7, 11) is 0. The Balaban J connectivity index is 0.000000461. The van der Waals surface area contributed by atoms with Gasteiger partial charge in [-0.1, -0.05) is 0 Å². The molecule has 1 saturated heterocycles. The van der Waals surface area contributed by atoms with Gasteiger partial charge in [0.05, 0.1) is 6.42 Å². The first-order chi connectivity index (χ1) is 5.02. The molecule has 3 N–H and O–H groups in total. The van der Waals surface area contributed by atoms with Crippen molar-refractivity contribution in [2.24, 2.45) is 0 Å². The highest BCUT2D eigenvalue weighted by molar-refractivity contribution is 6.06. The molecule has 1 heterocycles. The first-order valence-electron chi connectivity index (χ1n) is 2.81. The van der Waals surface area contributed by atoms with E-state index in [-0.39, 0.29) is 0 Å². The van der Waals surface area contributed by atoms with Crippen LogP contribution in [0, 0.1) is 0 Å². The summed E-state index contributed by atoms with van der Waals surface area (Å²) in [5.41, 5.74) is 0. The largest absolute Gasteiger partial charge is 0.358 e. The van der Waals surface area contributed by atoms with E-state index < -0.39 is 24.0 Å². The summed E-state index contributed by atoms with van der Waals surface area (Å²) in [4.78, 5) is 20.5. The Morgan fingerprint density at radius 2 is 1.82 bits per heavy atom. The molecule has 11 heavy (non-hydrogen) atoms. The van der Waals surface area contributed by atoms with Crippen molar-refractivity contribution >= 4 is 11.8 Å². The Bertz CT molecular complexity index is 187. The molecule has 1 fully saturated rings. The molecule has 5 heteroatoms. The Hall–Kier alpha value is -1.20. The van der Waals surface area contributed by atoms with Crippen LogP contribution in [0.1, 0.15) is 6.42 Å². The second kappa shape index (κ2) is 3.27. The maximum atomic E-state index is 10.3. The second-order valence-electron chi connectivity index (χ2n) is 1.87. The summed E-state index contributed by atoms with van der Waals surface area (Å²) in [6.45, 7) is 6.00. The van der Waals surface area contributed by atoms with Crippen LogP contribution < -0.4 is 5.32 Å². The average molecular weight is 159 g/mol. The van der Waals surface area contributed by atoms with Crippen molar-refractivity contribution in [1.29, 1.82) is 0 Å². The summed E-state index contributed by atoms with van der Waals surface area (Å²) in [5, 5.41) is 18.8. The second-order valence-corrected chi connectivity index (χ2v) is 1.87. The number of rotatable bonds is 0. The van der Waals surface area contributed by atoms with Gasteiger partial charge in [-0.15, -0.1) is 13.2 Å². The van der Waals surface area contributed by atoms with Crippen molar-refractivity contribution in [3.63, 3.8) is 0 Å². The van der Waals surface area contributed by atoms with Crippen LogP contribution in [0.5, 0.6) is 0 Å². The van der Waals surface area contributed by atoms with Gasteiger partial charge in [0.25, 0.3) is 11.7 Å². The predicted octanol–water partition coefficient (Wildman–Crippen LogP) is -1.48. The van der Waals surface area contributed by atoms with E-state index in [0.717, 1.165) is 0 Å². The average Bonchev–Trinajstić information content (AvgIpc) is 2.10. The maximum Gasteiger partial charge on any atom is 0.287 e. The Morgan fingerprint density at radius 3 is 1.91 bits per heavy atom. The molecule has 1 aliphatic rings. The SMILES string of the molecule is C=C.O=C1CC(O)(O)C(=O)N1. The summed E-state index contributed by atoms with van der Waals surface area (Å²) >= 11 is 0. The van der Waals surface area contributed by atoms with Gasteiger partial charge in [-0.25, -0.2) is 0 Å². The quantitative estimate of drug-likeness (QED) is 0.228. The molecule has 62 valence electrons. The standard InChI is InChI=1S/C4H5NO4.C2H4/c6-2-1-4(8,9)3(7)5-2;1-2/h8-9H,1H2,(H,5,6,7);1-2H2. The van der Waals surface area contributed by atoms with E-state index in [2.05, 4.69) is 13.2 Å². The van der Waals surface area contributed by atoms with E-state index in [1.165, 1.54) is 0 Å². The van der Waals surface area contributed by atoms with Gasteiger partial charge >= 0.3 is 0 Å². The molecule has 0 unspecified atom stereocenters. The molecule has 2 amide bonds. The van der Waals surface area contributed by atoms with Crippen molar-refractivity contribution in [3.05, 3.63) is 13.2 Å². The van der Waals surface area contributed by atoms with Gasteiger partial charge in [0, 0.05) is 0 Å². The van der Waals surface area contributed by atoms with Gasteiger partial charge in [0.2, 0.25) is 5.91 Å². The molecular weight excluding hydrogens is 150 g/mol. The molecule has 0 saturated carbocycles. The number of imide groups is 1. The molecule has 0 aromatic rings. The topological polar surface area (TPSA) is 86.6 Å². The van der Waals surface area contributed by atoms with E-state index in [1.54, 1.807) is 5.32 Å². The van der Waals surface area contributed by atoms with Gasteiger partial charge in [-0.2, -0.15) is 0 Å². The number of hydrogen-bond donors (Lipinski definition) is 3. The van der Waals surface area contributed by atoms with Crippen LogP contribution in [0.15, 0.2) is 13.2 Å². The molecule has 0 aromatic carbocycles. The van der Waals surface area contributed by atoms with Crippen LogP contribution >= 0.6 is 0 Å². The zero-order valence-corrected chi connectivity index (χ0v) is 5.83. The molecule has 0 atom stereocenters. The fourth-order valence-corrected chi connectivity index (χ4v) is 0.575. The number of amides is 2. The van der Waals surface area contributed by atoms with Gasteiger partial charge in [-0.3, -0.25) is 14.9 Å². The minimum atomic E-state index is -2.48. The molecule has 0 bridgehead atoms. The van der Waals surface area contributed by atoms with Crippen molar-refractivity contribution < 1.29 is 19.8 Å². The molecule has 5 nitrogen and oxygen atoms in total. The minimum absolute atomic E-state index is 0.564. The number of carbonyl (C=O) groups is 2. The van der Waals surface area contributed by atoms with Crippen molar-refractivity contribution in [1.82, 2.24) is 5.32 Å². The molecular formula is C6H9NO4. The first kappa shape index (κ1) is 9.80. The number of carbonyl (C=O) groups excluding carboxylic acids is 2. The number of aliphatic hydroxyl groups is 2. The fraction of sp³-hybridized carbons (Fsp3) is 0.333. The molecule has 0 spiro atoms. The monoisotopic (exact) mass is 159 g/mol. The third kappa shape index (κ3) is 2.14. The van der Waals surface area contributed by atoms with Crippen LogP contribution in [0.2, 0.25) is 0 Å². The lowest BCUT2D eigenvalue weighted by molar-refractivity contribution is -0.176. The predicted molar refractivity (Wildman–Crippen MR) is 36.2 cm³/mol. The first-order valence-corrected chi connectivity index (χ1v) is 2.81. The highest BCUT2D eigenvalue weighted by Gasteiger charge is 2.43. The van der Waals surface area contributed by atoms with E-state index >= 15 is 0 Å². The van der Waals surface area contributed by atoms with Gasteiger partial charge < -0.3 is 10.2 Å². The summed E-state index contributed by atoms with van der Waals surface area (Å²) < 4.78 is 0. The highest BCUT2D eigenvalue weighted by atomic mass is 16.5. The van der Waals surface area contributed by atoms with Crippen molar-refractivity contribution in [2.45, 2.75) is 12.2 Å². The normalized spacial score (nSPS) is 20.2. The molecule has 1 aliphatic heterocycles. The molecule has 0 radical (unpaired) electrons. The third-order valence-corrected chi connectivity index (χ3v) is 1.02. The van der Waals surface area contributed by atoms with E-state index in [9.17, 15) is 9.59 Å². The van der Waals surface area contributed by atoms with Crippen LogP contribution in [-0.2, 0) is 9.59 Å². The molecule has 0 aliphatic carbocycles. The lowest BCUT2D eigenvalue weighted by atomic mass is 10.2. The number of hydrogen-bond acceptors (Lipinski definition) is 4. The Kier molecular flexibility index (Phi) is 2.91. The fourth-order valence-electron chi connectivity index (χ4n) is 0.575. The van der Waals surface area contributed by atoms with Gasteiger partial charge in [0.1, 0.15) is 0 Å². The zero-order chi connectivity index (χ0) is 9.07. The van der Waals surface area contributed by atoms with Gasteiger partial charge in [-0.05, 0) is 0 Å². The Morgan fingerprint density at radius 1 is 1.36 bits per heavy atom. The zero-order valence-electron chi connectivity index (χ0n) is 5.83. The minimum Gasteiger partial charge on any atom is -0.358 e. The highest BCUT2D eigenvalue weighted by Crippen LogP contribution is 2.11. The summed E-state index contributed by atoms with van der Waals surface area (Å²) in [5.74, 6) is -4.19. The third-order valence-electron chi connectivity index (χ3n) is 1.02. The summed E-state index contributed by atoms with van der Waals surface area (Å²) in [6, 6.07) is 0. The lowest BCUT2D eigenvalue weighted by Crippen LogP contribution is -2.37. The Labute approximate surface area is 63.3 Å². The van der Waals surface area contributed by atoms with E-state index in [1.807, 2.05) is 0 Å². The van der Waals surface area contributed by atoms with E-state index in [4.69, 9.17) is 10.2 Å². The smallest absolute Gasteiger partial charge is 0.287 e. The number of nitrogens with one attached hydrogen (secondary N) is 1. The van der Waals surface area contributed by atoms with Crippen LogP contribution in [0.4, 0.5) is 0 Å². The van der Waals surface area contributed by atoms with Crippen LogP contribution in [0.25, 0.3) is 0 Å². The maximum absolute atomic E-state index is 10.3. The van der Waals surface area contributed by atoms with Crippen molar-refractivity contribution in [2.75, 3.05) is 0 Å². The van der Waals surface area contributed by atoms with Gasteiger partial charge in [0.15, 0.2) is 0 Å².